The van der Waals surface area contributed by atoms with Gasteiger partial charge in [0.2, 0.25) is 0 Å². The van der Waals surface area contributed by atoms with Gasteiger partial charge in [-0.1, -0.05) is 12.1 Å². The predicted molar refractivity (Wildman–Crippen MR) is 112 cm³/mol. The third-order valence-corrected chi connectivity index (χ3v) is 5.90. The molecule has 0 bridgehead atoms. The SMILES string of the molecule is C1=C(c2ccncc2)CN(c2cccc(-c3nncn3C3CC3)n2)C(C2CC2)=C1. The molecule has 0 radical (unpaired) electrons. The first-order chi connectivity index (χ1) is 14.4. The molecule has 6 rings (SSSR count). The fraction of sp³-hybridized carbons (Fsp3) is 0.304. The van der Waals surface area contributed by atoms with E-state index in [0.29, 0.717) is 12.0 Å². The molecule has 0 N–H and O–H groups in total. The van der Waals surface area contributed by atoms with Crippen LogP contribution in [-0.2, 0) is 0 Å². The summed E-state index contributed by atoms with van der Waals surface area (Å²) in [4.78, 5) is 11.5. The number of nitrogens with zero attached hydrogens (tertiary/aromatic N) is 6. The molecule has 2 saturated carbocycles. The molecule has 1 aliphatic heterocycles. The molecule has 144 valence electrons. The van der Waals surface area contributed by atoms with Gasteiger partial charge in [0.05, 0.1) is 0 Å². The zero-order valence-electron chi connectivity index (χ0n) is 16.1. The predicted octanol–water partition coefficient (Wildman–Crippen LogP) is 4.27. The number of anilines is 1. The summed E-state index contributed by atoms with van der Waals surface area (Å²) in [6, 6.07) is 10.9. The minimum atomic E-state index is 0.531. The molecule has 3 aliphatic rings. The number of hydrogen-bond acceptors (Lipinski definition) is 5. The van der Waals surface area contributed by atoms with E-state index in [1.54, 1.807) is 0 Å². The maximum absolute atomic E-state index is 5.02. The van der Waals surface area contributed by atoms with Crippen LogP contribution in [-0.4, -0.2) is 31.3 Å². The molecule has 0 saturated heterocycles. The monoisotopic (exact) mass is 382 g/mol. The van der Waals surface area contributed by atoms with Gasteiger partial charge in [-0.3, -0.25) is 4.98 Å². The number of hydrogen-bond donors (Lipinski definition) is 0. The van der Waals surface area contributed by atoms with Gasteiger partial charge in [0.25, 0.3) is 0 Å². The van der Waals surface area contributed by atoms with Crippen LogP contribution in [0.3, 0.4) is 0 Å². The van der Waals surface area contributed by atoms with Gasteiger partial charge in [-0.05, 0) is 73.1 Å². The largest absolute Gasteiger partial charge is 0.325 e. The van der Waals surface area contributed by atoms with E-state index >= 15 is 0 Å². The topological polar surface area (TPSA) is 59.7 Å². The van der Waals surface area contributed by atoms with Crippen LogP contribution in [0.2, 0.25) is 0 Å². The average Bonchev–Trinajstić information content (AvgIpc) is 3.73. The van der Waals surface area contributed by atoms with Crippen LogP contribution in [0.1, 0.15) is 37.3 Å². The van der Waals surface area contributed by atoms with E-state index in [2.05, 4.69) is 61.1 Å². The van der Waals surface area contributed by atoms with E-state index in [1.807, 2.05) is 24.8 Å². The van der Waals surface area contributed by atoms with Crippen molar-refractivity contribution in [1.82, 2.24) is 24.7 Å². The molecule has 3 aromatic rings. The lowest BCUT2D eigenvalue weighted by Crippen LogP contribution is -2.28. The number of rotatable bonds is 5. The second kappa shape index (κ2) is 6.65. The Morgan fingerprint density at radius 1 is 0.931 bits per heavy atom. The van der Waals surface area contributed by atoms with E-state index in [1.165, 1.54) is 42.5 Å². The van der Waals surface area contributed by atoms with Crippen LogP contribution in [0.25, 0.3) is 17.1 Å². The Morgan fingerprint density at radius 3 is 2.59 bits per heavy atom. The lowest BCUT2D eigenvalue weighted by atomic mass is 10.0. The summed E-state index contributed by atoms with van der Waals surface area (Å²) in [6.45, 7) is 0.818. The Balaban J connectivity index is 1.37. The highest BCUT2D eigenvalue weighted by atomic mass is 15.3. The highest BCUT2D eigenvalue weighted by Gasteiger charge is 2.33. The summed E-state index contributed by atoms with van der Waals surface area (Å²) in [5, 5.41) is 8.50. The highest BCUT2D eigenvalue weighted by molar-refractivity contribution is 5.75. The molecule has 3 aromatic heterocycles. The van der Waals surface area contributed by atoms with Crippen molar-refractivity contribution >= 4 is 11.4 Å². The van der Waals surface area contributed by atoms with Crippen LogP contribution in [0.4, 0.5) is 5.82 Å². The van der Waals surface area contributed by atoms with Gasteiger partial charge < -0.3 is 9.47 Å². The van der Waals surface area contributed by atoms with Crippen molar-refractivity contribution in [3.8, 4) is 11.5 Å². The fourth-order valence-corrected chi connectivity index (χ4v) is 4.04. The Labute approximate surface area is 169 Å². The van der Waals surface area contributed by atoms with Crippen molar-refractivity contribution in [2.45, 2.75) is 31.7 Å². The summed E-state index contributed by atoms with van der Waals surface area (Å²) >= 11 is 0. The second-order valence-electron chi connectivity index (χ2n) is 8.05. The lowest BCUT2D eigenvalue weighted by Gasteiger charge is -2.31. The number of allylic oxidation sites excluding steroid dienone is 3. The van der Waals surface area contributed by atoms with Gasteiger partial charge >= 0.3 is 0 Å². The van der Waals surface area contributed by atoms with Crippen LogP contribution in [0.5, 0.6) is 0 Å². The van der Waals surface area contributed by atoms with Crippen molar-refractivity contribution in [3.63, 3.8) is 0 Å². The number of pyridine rings is 2. The van der Waals surface area contributed by atoms with E-state index in [9.17, 15) is 0 Å². The molecule has 6 heteroatoms. The van der Waals surface area contributed by atoms with Gasteiger partial charge in [0, 0.05) is 30.7 Å². The van der Waals surface area contributed by atoms with Gasteiger partial charge in [-0.2, -0.15) is 0 Å². The zero-order valence-corrected chi connectivity index (χ0v) is 16.1. The molecule has 0 amide bonds. The average molecular weight is 382 g/mol. The normalized spacial score (nSPS) is 19.1. The molecular weight excluding hydrogens is 360 g/mol. The first-order valence-corrected chi connectivity index (χ1v) is 10.3. The minimum absolute atomic E-state index is 0.531. The first kappa shape index (κ1) is 16.7. The molecule has 0 aromatic carbocycles. The van der Waals surface area contributed by atoms with Crippen molar-refractivity contribution < 1.29 is 0 Å². The Kier molecular flexibility index (Phi) is 3.82. The van der Waals surface area contributed by atoms with Crippen LogP contribution < -0.4 is 4.90 Å². The smallest absolute Gasteiger partial charge is 0.182 e. The Morgan fingerprint density at radius 2 is 1.79 bits per heavy atom. The first-order valence-electron chi connectivity index (χ1n) is 10.3. The van der Waals surface area contributed by atoms with Crippen LogP contribution >= 0.6 is 0 Å². The second-order valence-corrected chi connectivity index (χ2v) is 8.05. The van der Waals surface area contributed by atoms with Crippen LogP contribution in [0, 0.1) is 5.92 Å². The van der Waals surface area contributed by atoms with E-state index in [4.69, 9.17) is 4.98 Å². The van der Waals surface area contributed by atoms with Gasteiger partial charge in [0.15, 0.2) is 5.82 Å². The molecule has 6 nitrogen and oxygen atoms in total. The molecule has 0 atom stereocenters. The molecule has 0 unspecified atom stereocenters. The molecular formula is C23H22N6. The Bertz CT molecular complexity index is 1110. The molecule has 29 heavy (non-hydrogen) atoms. The zero-order chi connectivity index (χ0) is 19.2. The summed E-state index contributed by atoms with van der Waals surface area (Å²) in [7, 11) is 0. The molecule has 2 fully saturated rings. The molecule has 0 spiro atoms. The highest BCUT2D eigenvalue weighted by Crippen LogP contribution is 2.42. The summed E-state index contributed by atoms with van der Waals surface area (Å²) in [5.41, 5.74) is 4.75. The van der Waals surface area contributed by atoms with Crippen molar-refractivity contribution in [1.29, 1.82) is 0 Å². The third kappa shape index (κ3) is 3.14. The molecule has 2 aliphatic carbocycles. The minimum Gasteiger partial charge on any atom is -0.325 e. The van der Waals surface area contributed by atoms with E-state index in [0.717, 1.165) is 23.9 Å². The molecule has 4 heterocycles. The summed E-state index contributed by atoms with van der Waals surface area (Å²) < 4.78 is 2.17. The summed E-state index contributed by atoms with van der Waals surface area (Å²) in [5.74, 6) is 2.49. The quantitative estimate of drug-likeness (QED) is 0.660. The maximum atomic E-state index is 5.02. The van der Waals surface area contributed by atoms with Crippen LogP contribution in [0.15, 0.2) is 66.9 Å². The van der Waals surface area contributed by atoms with Gasteiger partial charge in [-0.15, -0.1) is 10.2 Å². The van der Waals surface area contributed by atoms with Gasteiger partial charge in [-0.25, -0.2) is 4.98 Å². The van der Waals surface area contributed by atoms with E-state index in [-0.39, 0.29) is 0 Å². The number of aromatic nitrogens is 5. The van der Waals surface area contributed by atoms with E-state index < -0.39 is 0 Å². The standard InChI is InChI=1S/C23H22N6/c1-2-20(23-27-25-15-29(23)19-7-8-19)26-22(3-1)28-14-18(16-10-12-24-13-11-16)6-9-21(28)17-4-5-17/h1-3,6,9-13,15,17,19H,4-5,7-8,14H2. The Hall–Kier alpha value is -3.28. The van der Waals surface area contributed by atoms with Crippen molar-refractivity contribution in [3.05, 3.63) is 72.5 Å². The van der Waals surface area contributed by atoms with Crippen molar-refractivity contribution in [2.75, 3.05) is 11.4 Å². The lowest BCUT2D eigenvalue weighted by molar-refractivity contribution is 0.743. The van der Waals surface area contributed by atoms with Crippen molar-refractivity contribution in [2.24, 2.45) is 5.92 Å². The fourth-order valence-electron chi connectivity index (χ4n) is 4.04. The summed E-state index contributed by atoms with van der Waals surface area (Å²) in [6.07, 6.45) is 15.0. The maximum Gasteiger partial charge on any atom is 0.182 e. The third-order valence-electron chi connectivity index (χ3n) is 5.90. The van der Waals surface area contributed by atoms with Gasteiger partial charge in [0.1, 0.15) is 17.8 Å².